The zero-order chi connectivity index (χ0) is 22.2. The highest BCUT2D eigenvalue weighted by Gasteiger charge is 2.28. The van der Waals surface area contributed by atoms with Gasteiger partial charge in [0.1, 0.15) is 0 Å². The minimum atomic E-state index is -0.228. The quantitative estimate of drug-likeness (QED) is 0.738. The van der Waals surface area contributed by atoms with Crippen LogP contribution in [0.5, 0.6) is 0 Å². The molecule has 0 aromatic carbocycles. The molecule has 2 aromatic rings. The Morgan fingerprint density at radius 1 is 1.39 bits per heavy atom. The average Bonchev–Trinajstić information content (AvgIpc) is 3.21. The maximum Gasteiger partial charge on any atom is 0.222 e. The number of fused-ring (bicyclic) bond motifs is 1. The smallest absolute Gasteiger partial charge is 0.222 e. The number of hydrogen-bond acceptors (Lipinski definition) is 7. The van der Waals surface area contributed by atoms with E-state index in [4.69, 9.17) is 4.74 Å². The molecule has 2 aromatic heterocycles. The molecule has 9 nitrogen and oxygen atoms in total. The standard InChI is InChI=1S/C22H34N6O3/c1-17-12-27(18(2)15-29)22(30)7-5-9-28-20(11-24-25-28)16-31-21(17)14-26(3)13-19-6-4-8-23-10-19/h4,6,8,10-11,17-18,21,29H,5,7,9,12-16H2,1-3H3/t17-,18-,21-/m0/s1. The molecule has 1 aliphatic rings. The molecule has 1 amide bonds. The van der Waals surface area contributed by atoms with Crippen molar-refractivity contribution >= 4 is 5.91 Å². The highest BCUT2D eigenvalue weighted by atomic mass is 16.5. The van der Waals surface area contributed by atoms with Gasteiger partial charge in [0.25, 0.3) is 0 Å². The molecular weight excluding hydrogens is 396 g/mol. The lowest BCUT2D eigenvalue weighted by Gasteiger charge is -2.35. The summed E-state index contributed by atoms with van der Waals surface area (Å²) in [7, 11) is 2.06. The Morgan fingerprint density at radius 2 is 2.23 bits per heavy atom. The van der Waals surface area contributed by atoms with E-state index in [0.717, 1.165) is 17.8 Å². The van der Waals surface area contributed by atoms with E-state index in [0.29, 0.717) is 39.1 Å². The van der Waals surface area contributed by atoms with Gasteiger partial charge in [-0.2, -0.15) is 0 Å². The molecule has 0 aliphatic carbocycles. The van der Waals surface area contributed by atoms with E-state index in [1.165, 1.54) is 0 Å². The molecule has 31 heavy (non-hydrogen) atoms. The molecule has 9 heteroatoms. The predicted octanol–water partition coefficient (Wildman–Crippen LogP) is 1.33. The second-order valence-corrected chi connectivity index (χ2v) is 8.51. The van der Waals surface area contributed by atoms with Crippen LogP contribution in [0.15, 0.2) is 30.7 Å². The summed E-state index contributed by atoms with van der Waals surface area (Å²) in [6.45, 7) is 6.98. The number of rotatable bonds is 6. The molecule has 1 N–H and O–H groups in total. The fourth-order valence-corrected chi connectivity index (χ4v) is 3.92. The molecule has 3 rings (SSSR count). The van der Waals surface area contributed by atoms with Crippen LogP contribution in [0.4, 0.5) is 0 Å². The summed E-state index contributed by atoms with van der Waals surface area (Å²) in [5.74, 6) is 0.135. The van der Waals surface area contributed by atoms with Crippen LogP contribution in [-0.2, 0) is 29.2 Å². The van der Waals surface area contributed by atoms with Gasteiger partial charge in [0, 0.05) is 50.9 Å². The van der Waals surface area contributed by atoms with Gasteiger partial charge in [-0.15, -0.1) is 5.10 Å². The first-order valence-electron chi connectivity index (χ1n) is 10.9. The van der Waals surface area contributed by atoms with Crippen molar-refractivity contribution in [2.24, 2.45) is 5.92 Å². The zero-order valence-corrected chi connectivity index (χ0v) is 18.7. The molecule has 1 aliphatic heterocycles. The number of amides is 1. The third-order valence-corrected chi connectivity index (χ3v) is 5.81. The third kappa shape index (κ3) is 6.56. The van der Waals surface area contributed by atoms with E-state index in [1.807, 2.05) is 23.9 Å². The molecule has 0 saturated carbocycles. The van der Waals surface area contributed by atoms with Gasteiger partial charge in [0.05, 0.1) is 37.3 Å². The van der Waals surface area contributed by atoms with Crippen molar-refractivity contribution in [2.75, 3.05) is 26.7 Å². The Kier molecular flexibility index (Phi) is 8.51. The second kappa shape index (κ2) is 11.3. The number of hydrogen-bond donors (Lipinski definition) is 1. The first-order chi connectivity index (χ1) is 15.0. The highest BCUT2D eigenvalue weighted by Crippen LogP contribution is 2.18. The molecule has 170 valence electrons. The topological polar surface area (TPSA) is 96.6 Å². The summed E-state index contributed by atoms with van der Waals surface area (Å²) in [6, 6.07) is 3.77. The summed E-state index contributed by atoms with van der Waals surface area (Å²) in [4.78, 5) is 21.1. The van der Waals surface area contributed by atoms with Crippen LogP contribution < -0.4 is 0 Å². The van der Waals surface area contributed by atoms with Crippen LogP contribution in [0, 0.1) is 5.92 Å². The monoisotopic (exact) mass is 430 g/mol. The average molecular weight is 431 g/mol. The van der Waals surface area contributed by atoms with Gasteiger partial charge in [0.2, 0.25) is 5.91 Å². The predicted molar refractivity (Wildman–Crippen MR) is 116 cm³/mol. The van der Waals surface area contributed by atoms with Crippen LogP contribution >= 0.6 is 0 Å². The summed E-state index contributed by atoms with van der Waals surface area (Å²) in [5.41, 5.74) is 2.06. The van der Waals surface area contributed by atoms with Crippen LogP contribution in [-0.4, -0.2) is 79.7 Å². The molecular formula is C22H34N6O3. The highest BCUT2D eigenvalue weighted by molar-refractivity contribution is 5.76. The Bertz CT molecular complexity index is 815. The van der Waals surface area contributed by atoms with Gasteiger partial charge >= 0.3 is 0 Å². The number of ether oxygens (including phenoxy) is 1. The lowest BCUT2D eigenvalue weighted by molar-refractivity contribution is -0.136. The largest absolute Gasteiger partial charge is 0.394 e. The van der Waals surface area contributed by atoms with Crippen molar-refractivity contribution in [2.45, 2.75) is 58.5 Å². The van der Waals surface area contributed by atoms with E-state index < -0.39 is 0 Å². The van der Waals surface area contributed by atoms with Gasteiger partial charge in [-0.25, -0.2) is 4.68 Å². The Hall–Kier alpha value is -2.36. The molecule has 0 radical (unpaired) electrons. The van der Waals surface area contributed by atoms with Gasteiger partial charge in [0.15, 0.2) is 0 Å². The van der Waals surface area contributed by atoms with E-state index in [-0.39, 0.29) is 30.6 Å². The molecule has 0 spiro atoms. The van der Waals surface area contributed by atoms with E-state index in [1.54, 1.807) is 17.3 Å². The number of pyridine rings is 1. The second-order valence-electron chi connectivity index (χ2n) is 8.51. The number of aromatic nitrogens is 4. The third-order valence-electron chi connectivity index (χ3n) is 5.81. The van der Waals surface area contributed by atoms with Crippen molar-refractivity contribution in [1.82, 2.24) is 29.8 Å². The number of aryl methyl sites for hydroxylation is 1. The van der Waals surface area contributed by atoms with Crippen LogP contribution in [0.25, 0.3) is 0 Å². The van der Waals surface area contributed by atoms with Gasteiger partial charge in [-0.1, -0.05) is 18.2 Å². The maximum absolute atomic E-state index is 12.9. The zero-order valence-electron chi connectivity index (χ0n) is 18.7. The van der Waals surface area contributed by atoms with Crippen LogP contribution in [0.2, 0.25) is 0 Å². The van der Waals surface area contributed by atoms with Gasteiger partial charge in [-0.3, -0.25) is 14.7 Å². The first kappa shape index (κ1) is 23.3. The van der Waals surface area contributed by atoms with Crippen molar-refractivity contribution < 1.29 is 14.6 Å². The van der Waals surface area contributed by atoms with Crippen LogP contribution in [0.1, 0.15) is 37.9 Å². The minimum absolute atomic E-state index is 0.0538. The number of carbonyl (C=O) groups is 1. The first-order valence-corrected chi connectivity index (χ1v) is 10.9. The van der Waals surface area contributed by atoms with Gasteiger partial charge < -0.3 is 14.7 Å². The SMILES string of the molecule is C[C@H]1CN([C@@H](C)CO)C(=O)CCCn2nncc2CO[C@H]1CN(C)Cc1cccnc1. The van der Waals surface area contributed by atoms with Crippen molar-refractivity contribution in [3.63, 3.8) is 0 Å². The summed E-state index contributed by atoms with van der Waals surface area (Å²) in [5, 5.41) is 17.9. The molecule has 0 unspecified atom stereocenters. The van der Waals surface area contributed by atoms with Crippen molar-refractivity contribution in [3.05, 3.63) is 42.0 Å². The summed E-state index contributed by atoms with van der Waals surface area (Å²) >= 11 is 0. The summed E-state index contributed by atoms with van der Waals surface area (Å²) in [6.07, 6.45) is 6.36. The molecule has 3 atom stereocenters. The minimum Gasteiger partial charge on any atom is -0.394 e. The van der Waals surface area contributed by atoms with Gasteiger partial charge in [-0.05, 0) is 32.0 Å². The summed E-state index contributed by atoms with van der Waals surface area (Å²) < 4.78 is 8.17. The Labute approximate surface area is 184 Å². The lowest BCUT2D eigenvalue weighted by atomic mass is 10.0. The van der Waals surface area contributed by atoms with E-state index in [9.17, 15) is 9.90 Å². The molecule has 3 heterocycles. The molecule has 0 saturated heterocycles. The Morgan fingerprint density at radius 3 is 2.97 bits per heavy atom. The number of likely N-dealkylation sites (N-methyl/N-ethyl adjacent to an activating group) is 1. The fourth-order valence-electron chi connectivity index (χ4n) is 3.92. The number of aliphatic hydroxyl groups is 1. The van der Waals surface area contributed by atoms with Crippen molar-refractivity contribution in [3.8, 4) is 0 Å². The number of carbonyl (C=O) groups excluding carboxylic acids is 1. The number of nitrogens with zero attached hydrogens (tertiary/aromatic N) is 6. The molecule has 0 bridgehead atoms. The van der Waals surface area contributed by atoms with E-state index >= 15 is 0 Å². The fraction of sp³-hybridized carbons (Fsp3) is 0.636. The molecule has 0 fully saturated rings. The number of aliphatic hydroxyl groups excluding tert-OH is 1. The van der Waals surface area contributed by atoms with E-state index in [2.05, 4.69) is 40.2 Å². The normalized spacial score (nSPS) is 22.0. The van der Waals surface area contributed by atoms with Crippen LogP contribution in [0.3, 0.4) is 0 Å². The maximum atomic E-state index is 12.9. The lowest BCUT2D eigenvalue weighted by Crippen LogP contribution is -2.47. The Balaban J connectivity index is 1.77. The van der Waals surface area contributed by atoms with Crippen molar-refractivity contribution in [1.29, 1.82) is 0 Å².